The van der Waals surface area contributed by atoms with E-state index in [4.69, 9.17) is 4.74 Å². The van der Waals surface area contributed by atoms with Gasteiger partial charge < -0.3 is 9.47 Å². The van der Waals surface area contributed by atoms with Gasteiger partial charge in [-0.05, 0) is 38.9 Å². The van der Waals surface area contributed by atoms with E-state index in [1.807, 2.05) is 0 Å². The number of hydrogen-bond acceptors (Lipinski definition) is 4. The van der Waals surface area contributed by atoms with Crippen molar-refractivity contribution in [1.29, 1.82) is 0 Å². The predicted octanol–water partition coefficient (Wildman–Crippen LogP) is 3.36. The first-order valence-corrected chi connectivity index (χ1v) is 7.08. The molecule has 0 unspecified atom stereocenters. The fraction of sp³-hybridized carbons (Fsp3) is 0.643. The molecule has 0 bridgehead atoms. The zero-order valence-corrected chi connectivity index (χ0v) is 11.9. The lowest BCUT2D eigenvalue weighted by molar-refractivity contribution is -0.275. The maximum absolute atomic E-state index is 12.5. The molecule has 2 heterocycles. The first kappa shape index (κ1) is 15.9. The van der Waals surface area contributed by atoms with Crippen LogP contribution >= 0.6 is 0 Å². The van der Waals surface area contributed by atoms with E-state index >= 15 is 0 Å². The number of halogens is 3. The molecular weight excluding hydrogens is 285 g/mol. The second kappa shape index (κ2) is 6.98. The molecule has 1 aliphatic heterocycles. The number of alkyl halides is 3. The molecule has 0 N–H and O–H groups in total. The van der Waals surface area contributed by atoms with Gasteiger partial charge in [0.05, 0.1) is 12.2 Å². The van der Waals surface area contributed by atoms with Crippen LogP contribution in [0.1, 0.15) is 31.7 Å². The largest absolute Gasteiger partial charge is 0.573 e. The highest BCUT2D eigenvalue weighted by Gasteiger charge is 2.33. The summed E-state index contributed by atoms with van der Waals surface area (Å²) in [6.07, 6.45) is -0.180. The molecule has 0 saturated carbocycles. The smallest absolute Gasteiger partial charge is 0.478 e. The van der Waals surface area contributed by atoms with Crippen LogP contribution in [0.5, 0.6) is 11.6 Å². The van der Waals surface area contributed by atoms with Crippen LogP contribution in [0.25, 0.3) is 0 Å². The van der Waals surface area contributed by atoms with Gasteiger partial charge in [-0.3, -0.25) is 4.90 Å². The molecule has 0 atom stereocenters. The van der Waals surface area contributed by atoms with Crippen molar-refractivity contribution < 1.29 is 22.6 Å². The van der Waals surface area contributed by atoms with Gasteiger partial charge in [0, 0.05) is 12.7 Å². The molecule has 1 aliphatic rings. The van der Waals surface area contributed by atoms with Crippen LogP contribution in [0, 0.1) is 0 Å². The zero-order valence-electron chi connectivity index (χ0n) is 11.9. The van der Waals surface area contributed by atoms with Gasteiger partial charge >= 0.3 is 6.36 Å². The van der Waals surface area contributed by atoms with Crippen LogP contribution in [0.2, 0.25) is 0 Å². The Morgan fingerprint density at radius 3 is 2.57 bits per heavy atom. The summed E-state index contributed by atoms with van der Waals surface area (Å²) in [5.74, 6) is -0.0173. The van der Waals surface area contributed by atoms with Gasteiger partial charge in [0.2, 0.25) is 5.88 Å². The van der Waals surface area contributed by atoms with Gasteiger partial charge in [0.25, 0.3) is 0 Å². The molecule has 7 heteroatoms. The van der Waals surface area contributed by atoms with E-state index < -0.39 is 6.36 Å². The summed E-state index contributed by atoms with van der Waals surface area (Å²) in [5.41, 5.74) is 0.360. The maximum Gasteiger partial charge on any atom is 0.573 e. The Morgan fingerprint density at radius 1 is 1.24 bits per heavy atom. The lowest BCUT2D eigenvalue weighted by Gasteiger charge is -2.27. The van der Waals surface area contributed by atoms with Crippen LogP contribution in [0.15, 0.2) is 12.3 Å². The molecule has 0 amide bonds. The average molecular weight is 304 g/mol. The molecule has 1 aromatic rings. The number of hydrogen-bond donors (Lipinski definition) is 0. The lowest BCUT2D eigenvalue weighted by Crippen LogP contribution is -2.30. The van der Waals surface area contributed by atoms with Crippen LogP contribution in [-0.2, 0) is 6.54 Å². The van der Waals surface area contributed by atoms with Crippen molar-refractivity contribution in [2.75, 3.05) is 19.7 Å². The molecule has 4 nitrogen and oxygen atoms in total. The SMILES string of the molecule is CCOc1nccc(OC(F)(F)F)c1CN1CCCCC1. The van der Waals surface area contributed by atoms with Crippen molar-refractivity contribution in [1.82, 2.24) is 9.88 Å². The molecule has 21 heavy (non-hydrogen) atoms. The van der Waals surface area contributed by atoms with Crippen LogP contribution in [0.3, 0.4) is 0 Å². The predicted molar refractivity (Wildman–Crippen MR) is 71.2 cm³/mol. The summed E-state index contributed by atoms with van der Waals surface area (Å²) in [4.78, 5) is 6.13. The van der Waals surface area contributed by atoms with E-state index in [9.17, 15) is 13.2 Å². The maximum atomic E-state index is 12.5. The van der Waals surface area contributed by atoms with Gasteiger partial charge in [0.15, 0.2) is 0 Å². The number of likely N-dealkylation sites (tertiary alicyclic amines) is 1. The van der Waals surface area contributed by atoms with E-state index in [0.29, 0.717) is 18.7 Å². The molecule has 0 spiro atoms. The van der Waals surface area contributed by atoms with Gasteiger partial charge in [-0.15, -0.1) is 13.2 Å². The van der Waals surface area contributed by atoms with Gasteiger partial charge in [-0.2, -0.15) is 0 Å². The quantitative estimate of drug-likeness (QED) is 0.835. The van der Waals surface area contributed by atoms with Gasteiger partial charge in [-0.1, -0.05) is 6.42 Å². The molecule has 2 rings (SSSR count). The van der Waals surface area contributed by atoms with Crippen LogP contribution in [-0.4, -0.2) is 35.9 Å². The summed E-state index contributed by atoms with van der Waals surface area (Å²) >= 11 is 0. The van der Waals surface area contributed by atoms with Crippen molar-refractivity contribution in [3.63, 3.8) is 0 Å². The Labute approximate surface area is 121 Å². The molecule has 0 radical (unpaired) electrons. The second-order valence-electron chi connectivity index (χ2n) is 4.91. The minimum absolute atomic E-state index is 0.213. The Hall–Kier alpha value is -1.50. The van der Waals surface area contributed by atoms with Crippen molar-refractivity contribution in [2.45, 2.75) is 39.1 Å². The third-order valence-electron chi connectivity index (χ3n) is 3.31. The fourth-order valence-electron chi connectivity index (χ4n) is 2.42. The topological polar surface area (TPSA) is 34.6 Å². The number of ether oxygens (including phenoxy) is 2. The number of pyridine rings is 1. The summed E-state index contributed by atoms with van der Waals surface area (Å²) in [7, 11) is 0. The Balaban J connectivity index is 2.24. The zero-order chi connectivity index (χ0) is 15.3. The van der Waals surface area contributed by atoms with Crippen LogP contribution < -0.4 is 9.47 Å². The monoisotopic (exact) mass is 304 g/mol. The van der Waals surface area contributed by atoms with E-state index in [2.05, 4.69) is 14.6 Å². The van der Waals surface area contributed by atoms with Crippen LogP contribution in [0.4, 0.5) is 13.2 Å². The van der Waals surface area contributed by atoms with Gasteiger partial charge in [0.1, 0.15) is 5.75 Å². The normalized spacial score (nSPS) is 16.8. The summed E-state index contributed by atoms with van der Waals surface area (Å²) in [6.45, 7) is 4.20. The third kappa shape index (κ3) is 4.77. The highest BCUT2D eigenvalue weighted by molar-refractivity contribution is 5.40. The second-order valence-corrected chi connectivity index (χ2v) is 4.91. The van der Waals surface area contributed by atoms with E-state index in [1.54, 1.807) is 6.92 Å². The average Bonchev–Trinajstić information content (AvgIpc) is 2.42. The lowest BCUT2D eigenvalue weighted by atomic mass is 10.1. The van der Waals surface area contributed by atoms with E-state index in [0.717, 1.165) is 32.4 Å². The molecular formula is C14H19F3N2O2. The molecule has 118 valence electrons. The summed E-state index contributed by atoms with van der Waals surface area (Å²) in [5, 5.41) is 0. The summed E-state index contributed by atoms with van der Waals surface area (Å²) < 4.78 is 47.0. The Morgan fingerprint density at radius 2 is 1.95 bits per heavy atom. The van der Waals surface area contributed by atoms with Crippen molar-refractivity contribution in [2.24, 2.45) is 0 Å². The Kier molecular flexibility index (Phi) is 5.27. The number of nitrogens with zero attached hydrogens (tertiary/aromatic N) is 2. The first-order chi connectivity index (χ1) is 9.99. The van der Waals surface area contributed by atoms with Gasteiger partial charge in [-0.25, -0.2) is 4.98 Å². The fourth-order valence-corrected chi connectivity index (χ4v) is 2.42. The Bertz CT molecular complexity index is 460. The molecule has 1 fully saturated rings. The first-order valence-electron chi connectivity index (χ1n) is 7.08. The minimum Gasteiger partial charge on any atom is -0.478 e. The highest BCUT2D eigenvalue weighted by Crippen LogP contribution is 2.32. The third-order valence-corrected chi connectivity index (χ3v) is 3.31. The summed E-state index contributed by atoms with van der Waals surface area (Å²) in [6, 6.07) is 1.23. The van der Waals surface area contributed by atoms with Crippen molar-refractivity contribution >= 4 is 0 Å². The van der Waals surface area contributed by atoms with E-state index in [1.165, 1.54) is 12.3 Å². The highest BCUT2D eigenvalue weighted by atomic mass is 19.4. The number of rotatable bonds is 5. The standard InChI is InChI=1S/C14H19F3N2O2/c1-2-20-13-11(10-19-8-4-3-5-9-19)12(6-7-18-13)21-14(15,16)17/h6-7H,2-5,8-10H2,1H3. The van der Waals surface area contributed by atoms with E-state index in [-0.39, 0.29) is 11.6 Å². The minimum atomic E-state index is -4.72. The molecule has 0 aliphatic carbocycles. The van der Waals surface area contributed by atoms with Crippen molar-refractivity contribution in [3.05, 3.63) is 17.8 Å². The molecule has 1 saturated heterocycles. The number of aromatic nitrogens is 1. The van der Waals surface area contributed by atoms with Crippen molar-refractivity contribution in [3.8, 4) is 11.6 Å². The molecule has 0 aromatic carbocycles. The molecule has 1 aromatic heterocycles. The number of piperidine rings is 1.